The van der Waals surface area contributed by atoms with E-state index in [4.69, 9.17) is 18.9 Å². The van der Waals surface area contributed by atoms with Gasteiger partial charge in [0, 0.05) is 17.2 Å². The maximum atomic E-state index is 13.9. The van der Waals surface area contributed by atoms with Crippen LogP contribution in [-0.2, 0) is 13.2 Å². The van der Waals surface area contributed by atoms with E-state index >= 15 is 0 Å². The van der Waals surface area contributed by atoms with Crippen molar-refractivity contribution in [3.05, 3.63) is 154 Å². The number of methoxy groups -OCH3 is 2. The lowest BCUT2D eigenvalue weighted by atomic mass is 9.95. The van der Waals surface area contributed by atoms with Crippen LogP contribution in [0.3, 0.4) is 0 Å². The molecule has 0 aliphatic heterocycles. The molecule has 0 spiro atoms. The summed E-state index contributed by atoms with van der Waals surface area (Å²) in [6.45, 7) is 4.32. The molecule has 0 unspecified atom stereocenters. The molecule has 44 heavy (non-hydrogen) atoms. The van der Waals surface area contributed by atoms with Crippen LogP contribution in [0, 0.1) is 13.8 Å². The van der Waals surface area contributed by atoms with Gasteiger partial charge in [-0.25, -0.2) is 0 Å². The number of ketones is 2. The highest BCUT2D eigenvalue weighted by molar-refractivity contribution is 6.15. The quantitative estimate of drug-likeness (QED) is 0.138. The Kier molecular flexibility index (Phi) is 9.40. The first-order chi connectivity index (χ1) is 21.3. The standard InChI is InChI=1S/C38H34O6/c1-25-5-13-29(14-6-25)37(39)33-21-34(38(40)30-15-7-26(2)8-16-30)36(44-24-28-11-19-32(42-4)20-12-28)22-35(33)43-23-27-9-17-31(41-3)18-10-27/h5-22H,23-24H2,1-4H3. The van der Waals surface area contributed by atoms with Crippen molar-refractivity contribution >= 4 is 11.6 Å². The van der Waals surface area contributed by atoms with Crippen LogP contribution >= 0.6 is 0 Å². The van der Waals surface area contributed by atoms with Crippen LogP contribution in [0.1, 0.15) is 54.1 Å². The molecular formula is C38H34O6. The van der Waals surface area contributed by atoms with Crippen LogP contribution in [0.2, 0.25) is 0 Å². The monoisotopic (exact) mass is 586 g/mol. The molecule has 0 atom stereocenters. The van der Waals surface area contributed by atoms with Gasteiger partial charge >= 0.3 is 0 Å². The molecule has 222 valence electrons. The second-order valence-corrected chi connectivity index (χ2v) is 10.5. The molecular weight excluding hydrogens is 552 g/mol. The van der Waals surface area contributed by atoms with E-state index in [0.29, 0.717) is 22.6 Å². The molecule has 0 fully saturated rings. The number of hydrogen-bond acceptors (Lipinski definition) is 6. The Balaban J connectivity index is 1.57. The average Bonchev–Trinajstić information content (AvgIpc) is 3.06. The summed E-state index contributed by atoms with van der Waals surface area (Å²) in [5.74, 6) is 1.59. The molecule has 6 heteroatoms. The number of benzene rings is 5. The topological polar surface area (TPSA) is 71.1 Å². The van der Waals surface area contributed by atoms with Gasteiger partial charge in [0.1, 0.15) is 36.2 Å². The molecule has 6 nitrogen and oxygen atoms in total. The van der Waals surface area contributed by atoms with E-state index in [1.165, 1.54) is 0 Å². The summed E-state index contributed by atoms with van der Waals surface area (Å²) >= 11 is 0. The van der Waals surface area contributed by atoms with Gasteiger partial charge in [-0.2, -0.15) is 0 Å². The van der Waals surface area contributed by atoms with E-state index in [-0.39, 0.29) is 35.9 Å². The minimum absolute atomic E-state index is 0.196. The van der Waals surface area contributed by atoms with Gasteiger partial charge in [0.25, 0.3) is 0 Å². The molecule has 5 rings (SSSR count). The largest absolute Gasteiger partial charge is 0.497 e. The molecule has 5 aromatic rings. The summed E-state index contributed by atoms with van der Waals surface area (Å²) in [5.41, 5.74) is 5.38. The zero-order valence-electron chi connectivity index (χ0n) is 25.3. The highest BCUT2D eigenvalue weighted by atomic mass is 16.5. The summed E-state index contributed by atoms with van der Waals surface area (Å²) in [5, 5.41) is 0. The van der Waals surface area contributed by atoms with E-state index in [1.807, 2.05) is 86.6 Å². The normalized spacial score (nSPS) is 10.6. The first kappa shape index (κ1) is 30.1. The van der Waals surface area contributed by atoms with Gasteiger partial charge in [-0.1, -0.05) is 83.9 Å². The fourth-order valence-electron chi connectivity index (χ4n) is 4.64. The van der Waals surface area contributed by atoms with Gasteiger partial charge in [-0.05, 0) is 55.3 Å². The highest BCUT2D eigenvalue weighted by Crippen LogP contribution is 2.34. The number of aryl methyl sites for hydroxylation is 2. The van der Waals surface area contributed by atoms with Crippen molar-refractivity contribution in [1.82, 2.24) is 0 Å². The zero-order valence-corrected chi connectivity index (χ0v) is 25.3. The molecule has 0 aliphatic carbocycles. The van der Waals surface area contributed by atoms with Crippen molar-refractivity contribution < 1.29 is 28.5 Å². The first-order valence-electron chi connectivity index (χ1n) is 14.3. The fourth-order valence-corrected chi connectivity index (χ4v) is 4.64. The van der Waals surface area contributed by atoms with Crippen LogP contribution in [0.4, 0.5) is 0 Å². The lowest BCUT2D eigenvalue weighted by molar-refractivity contribution is 0.103. The third-order valence-electron chi connectivity index (χ3n) is 7.31. The van der Waals surface area contributed by atoms with Crippen molar-refractivity contribution in [3.63, 3.8) is 0 Å². The summed E-state index contributed by atoms with van der Waals surface area (Å²) in [4.78, 5) is 27.8. The maximum Gasteiger partial charge on any atom is 0.196 e. The third kappa shape index (κ3) is 7.16. The predicted molar refractivity (Wildman–Crippen MR) is 170 cm³/mol. The zero-order chi connectivity index (χ0) is 31.1. The number of rotatable bonds is 12. The van der Waals surface area contributed by atoms with Crippen molar-refractivity contribution in [1.29, 1.82) is 0 Å². The van der Waals surface area contributed by atoms with E-state index in [9.17, 15) is 9.59 Å². The molecule has 0 saturated carbocycles. The highest BCUT2D eigenvalue weighted by Gasteiger charge is 2.24. The minimum atomic E-state index is -0.255. The van der Waals surface area contributed by atoms with Gasteiger partial charge < -0.3 is 18.9 Å². The van der Waals surface area contributed by atoms with Gasteiger partial charge in [-0.3, -0.25) is 9.59 Å². The van der Waals surface area contributed by atoms with E-state index < -0.39 is 0 Å². The summed E-state index contributed by atoms with van der Waals surface area (Å²) < 4.78 is 23.1. The van der Waals surface area contributed by atoms with E-state index in [1.54, 1.807) is 50.6 Å². The molecule has 0 heterocycles. The van der Waals surface area contributed by atoms with Crippen molar-refractivity contribution in [2.45, 2.75) is 27.1 Å². The van der Waals surface area contributed by atoms with Crippen molar-refractivity contribution in [2.24, 2.45) is 0 Å². The average molecular weight is 587 g/mol. The lowest BCUT2D eigenvalue weighted by Gasteiger charge is -2.18. The Morgan fingerprint density at radius 1 is 0.500 bits per heavy atom. The van der Waals surface area contributed by atoms with Gasteiger partial charge in [0.05, 0.1) is 25.3 Å². The minimum Gasteiger partial charge on any atom is -0.497 e. The number of carbonyl (C=O) groups excluding carboxylic acids is 2. The summed E-state index contributed by atoms with van der Waals surface area (Å²) in [6, 6.07) is 32.9. The molecule has 0 aliphatic rings. The van der Waals surface area contributed by atoms with Crippen LogP contribution in [0.5, 0.6) is 23.0 Å². The maximum absolute atomic E-state index is 13.9. The molecule has 0 aromatic heterocycles. The van der Waals surface area contributed by atoms with E-state index in [0.717, 1.165) is 33.8 Å². The first-order valence-corrected chi connectivity index (χ1v) is 14.3. The van der Waals surface area contributed by atoms with Gasteiger partial charge in [0.15, 0.2) is 11.6 Å². The van der Waals surface area contributed by atoms with Gasteiger partial charge in [-0.15, -0.1) is 0 Å². The Labute approximate surface area is 257 Å². The number of ether oxygens (including phenoxy) is 4. The smallest absolute Gasteiger partial charge is 0.196 e. The molecule has 0 radical (unpaired) electrons. The van der Waals surface area contributed by atoms with Crippen LogP contribution in [0.15, 0.2) is 109 Å². The number of hydrogen-bond donors (Lipinski definition) is 0. The Bertz CT molecular complexity index is 1610. The second-order valence-electron chi connectivity index (χ2n) is 10.5. The van der Waals surface area contributed by atoms with E-state index in [2.05, 4.69) is 0 Å². The van der Waals surface area contributed by atoms with Crippen LogP contribution < -0.4 is 18.9 Å². The molecule has 0 N–H and O–H groups in total. The second kappa shape index (κ2) is 13.7. The number of carbonyl (C=O) groups is 2. The Hall–Kier alpha value is -5.36. The van der Waals surface area contributed by atoms with Crippen molar-refractivity contribution in [2.75, 3.05) is 14.2 Å². The predicted octanol–water partition coefficient (Wildman–Crippen LogP) is 7.94. The van der Waals surface area contributed by atoms with Crippen LogP contribution in [0.25, 0.3) is 0 Å². The molecule has 0 bridgehead atoms. The SMILES string of the molecule is COc1ccc(COc2cc(OCc3ccc(OC)cc3)c(C(=O)c3ccc(C)cc3)cc2C(=O)c2ccc(C)cc2)cc1. The molecule has 5 aromatic carbocycles. The third-order valence-corrected chi connectivity index (χ3v) is 7.31. The Morgan fingerprint density at radius 3 is 1.20 bits per heavy atom. The Morgan fingerprint density at radius 2 is 0.864 bits per heavy atom. The lowest BCUT2D eigenvalue weighted by Crippen LogP contribution is -2.12. The van der Waals surface area contributed by atoms with Gasteiger partial charge in [0.2, 0.25) is 0 Å². The van der Waals surface area contributed by atoms with Crippen LogP contribution in [-0.4, -0.2) is 25.8 Å². The summed E-state index contributed by atoms with van der Waals surface area (Å²) in [7, 11) is 3.22. The molecule has 0 amide bonds. The van der Waals surface area contributed by atoms with Crippen molar-refractivity contribution in [3.8, 4) is 23.0 Å². The fraction of sp³-hybridized carbons (Fsp3) is 0.158. The summed E-state index contributed by atoms with van der Waals surface area (Å²) in [6.07, 6.45) is 0. The molecule has 0 saturated heterocycles.